The van der Waals surface area contributed by atoms with Crippen LogP contribution in [0.2, 0.25) is 0 Å². The van der Waals surface area contributed by atoms with Crippen molar-refractivity contribution < 1.29 is 19.6 Å². The van der Waals surface area contributed by atoms with Crippen LogP contribution in [-0.2, 0) is 9.59 Å². The second-order valence-corrected chi connectivity index (χ2v) is 8.76. The van der Waals surface area contributed by atoms with Gasteiger partial charge in [0.15, 0.2) is 0 Å². The van der Waals surface area contributed by atoms with Crippen LogP contribution >= 0.6 is 0 Å². The van der Waals surface area contributed by atoms with Crippen LogP contribution in [0.15, 0.2) is 10.3 Å². The fourth-order valence-electron chi connectivity index (χ4n) is 3.40. The minimum Gasteiger partial charge on any atom is -0.426 e. The molecule has 0 aromatic rings. The van der Waals surface area contributed by atoms with Crippen molar-refractivity contribution in [3.05, 3.63) is 4.91 Å². The predicted molar refractivity (Wildman–Crippen MR) is 131 cm³/mol. The van der Waals surface area contributed by atoms with E-state index in [4.69, 9.17) is 5.73 Å². The van der Waals surface area contributed by atoms with Gasteiger partial charge in [-0.05, 0) is 31.6 Å². The summed E-state index contributed by atoms with van der Waals surface area (Å²) in [5.74, 6) is -1.53. The summed E-state index contributed by atoms with van der Waals surface area (Å²) in [7, 11) is -1.70. The highest BCUT2D eigenvalue weighted by Gasteiger charge is 2.29. The molecule has 0 aromatic heterocycles. The number of aliphatic imine (C=N–C) groups is 1. The zero-order valence-electron chi connectivity index (χ0n) is 20.4. The van der Waals surface area contributed by atoms with Gasteiger partial charge in [0.1, 0.15) is 6.04 Å². The fourth-order valence-corrected chi connectivity index (χ4v) is 3.40. The maximum Gasteiger partial charge on any atom is 0.475 e. The summed E-state index contributed by atoms with van der Waals surface area (Å²) < 4.78 is 0. The van der Waals surface area contributed by atoms with Crippen LogP contribution in [-0.4, -0.2) is 53.5 Å². The van der Waals surface area contributed by atoms with E-state index < -0.39 is 25.0 Å². The first-order valence-corrected chi connectivity index (χ1v) is 12.0. The number of nitrogens with one attached hydrogen (secondary N) is 3. The molecule has 7 N–H and O–H groups in total. The Morgan fingerprint density at radius 1 is 1.00 bits per heavy atom. The lowest BCUT2D eigenvalue weighted by molar-refractivity contribution is -0.129. The van der Waals surface area contributed by atoms with Crippen molar-refractivity contribution in [2.75, 3.05) is 6.54 Å². The molecule has 12 heteroatoms. The van der Waals surface area contributed by atoms with Crippen LogP contribution < -0.4 is 21.8 Å². The van der Waals surface area contributed by atoms with Gasteiger partial charge in [-0.3, -0.25) is 14.6 Å². The van der Waals surface area contributed by atoms with Crippen molar-refractivity contribution in [3.8, 4) is 0 Å². The Morgan fingerprint density at radius 2 is 1.64 bits per heavy atom. The highest BCUT2D eigenvalue weighted by molar-refractivity contribution is 6.43. The summed E-state index contributed by atoms with van der Waals surface area (Å²) in [5.41, 5.74) is 7.42. The van der Waals surface area contributed by atoms with E-state index in [1.807, 2.05) is 19.3 Å². The number of guanidine groups is 1. The Morgan fingerprint density at radius 3 is 2.21 bits per heavy atom. The number of nitrogens with zero attached hydrogens (tertiary/aromatic N) is 2. The van der Waals surface area contributed by atoms with Gasteiger partial charge in [0.05, 0.1) is 11.2 Å². The fraction of sp³-hybridized carbons (Fsp3) is 0.857. The molecule has 11 nitrogen and oxygen atoms in total. The number of nitrogens with two attached hydrogens (primary N) is 1. The first-order valence-electron chi connectivity index (χ1n) is 12.0. The van der Waals surface area contributed by atoms with Crippen LogP contribution in [0.5, 0.6) is 0 Å². The van der Waals surface area contributed by atoms with Crippen LogP contribution in [0.3, 0.4) is 0 Å². The maximum absolute atomic E-state index is 12.8. The standard InChI is InChI=1S/C21H43BN6O5/c1-4-5-6-7-8-9-10-13-19(29)25-17(12-11-14-24-21(23)27-28-33)20(30)26-18(22(31)32)15-16(2)3/h16-18,31-32H,4-15H2,1-3H3,(H,25,29)(H,26,30)(H3,23,24,27,33)/t17-,18-/m0/s1. The molecule has 0 fully saturated rings. The van der Waals surface area contributed by atoms with Crippen molar-refractivity contribution in [2.24, 2.45) is 21.9 Å². The Labute approximate surface area is 197 Å². The Hall–Kier alpha value is -2.21. The SMILES string of the molecule is CCCCCCCCCC(=O)N[C@@H](CCCN=C(N)NN=O)C(=O)N[C@@H](CC(C)C)B(O)O. The molecule has 190 valence electrons. The largest absolute Gasteiger partial charge is 0.475 e. The molecular weight excluding hydrogens is 427 g/mol. The third-order valence-electron chi connectivity index (χ3n) is 5.17. The van der Waals surface area contributed by atoms with Gasteiger partial charge in [-0.15, -0.1) is 4.91 Å². The van der Waals surface area contributed by atoms with E-state index in [1.165, 1.54) is 25.7 Å². The molecule has 0 bridgehead atoms. The number of nitroso groups, excluding NO2 is 1. The molecule has 0 saturated carbocycles. The van der Waals surface area contributed by atoms with E-state index in [-0.39, 0.29) is 30.8 Å². The average Bonchev–Trinajstić information content (AvgIpc) is 2.74. The number of rotatable bonds is 19. The van der Waals surface area contributed by atoms with E-state index in [9.17, 15) is 24.5 Å². The molecule has 0 spiro atoms. The molecule has 2 amide bonds. The molecule has 0 heterocycles. The molecule has 0 aliphatic heterocycles. The molecule has 0 rings (SSSR count). The van der Waals surface area contributed by atoms with E-state index in [0.29, 0.717) is 19.3 Å². The van der Waals surface area contributed by atoms with Crippen LogP contribution in [0.4, 0.5) is 0 Å². The lowest BCUT2D eigenvalue weighted by Gasteiger charge is -2.24. The zero-order chi connectivity index (χ0) is 25.1. The second kappa shape index (κ2) is 19.3. The van der Waals surface area contributed by atoms with E-state index in [0.717, 1.165) is 19.3 Å². The number of hydrogen-bond acceptors (Lipinski definition) is 7. The van der Waals surface area contributed by atoms with Gasteiger partial charge in [-0.2, -0.15) is 0 Å². The van der Waals surface area contributed by atoms with Crippen molar-refractivity contribution >= 4 is 24.9 Å². The number of hydrogen-bond donors (Lipinski definition) is 6. The van der Waals surface area contributed by atoms with Gasteiger partial charge in [0.25, 0.3) is 0 Å². The normalized spacial score (nSPS) is 13.3. The maximum atomic E-state index is 12.8. The van der Waals surface area contributed by atoms with Gasteiger partial charge >= 0.3 is 7.12 Å². The predicted octanol–water partition coefficient (Wildman–Crippen LogP) is 1.52. The molecule has 33 heavy (non-hydrogen) atoms. The number of carbonyl (C=O) groups excluding carboxylic acids is 2. The smallest absolute Gasteiger partial charge is 0.426 e. The number of amides is 2. The van der Waals surface area contributed by atoms with Gasteiger partial charge in [-0.25, -0.2) is 5.43 Å². The molecule has 0 aromatic carbocycles. The Balaban J connectivity index is 4.81. The first kappa shape index (κ1) is 30.8. The van der Waals surface area contributed by atoms with E-state index in [2.05, 4.69) is 27.8 Å². The topological polar surface area (TPSA) is 178 Å². The van der Waals surface area contributed by atoms with Gasteiger partial charge in [-0.1, -0.05) is 59.3 Å². The summed E-state index contributed by atoms with van der Waals surface area (Å²) >= 11 is 0. The van der Waals surface area contributed by atoms with Gasteiger partial charge in [0, 0.05) is 13.0 Å². The lowest BCUT2D eigenvalue weighted by Crippen LogP contribution is -2.54. The van der Waals surface area contributed by atoms with Crippen molar-refractivity contribution in [1.29, 1.82) is 0 Å². The molecule has 0 aliphatic carbocycles. The molecule has 0 unspecified atom stereocenters. The highest BCUT2D eigenvalue weighted by atomic mass is 16.4. The second-order valence-electron chi connectivity index (χ2n) is 8.76. The Kier molecular flexibility index (Phi) is 18.0. The third kappa shape index (κ3) is 17.0. The van der Waals surface area contributed by atoms with Crippen LogP contribution in [0.25, 0.3) is 0 Å². The quantitative estimate of drug-likeness (QED) is 0.0414. The molecule has 0 saturated heterocycles. The molecule has 2 atom stereocenters. The summed E-state index contributed by atoms with van der Waals surface area (Å²) in [5, 5.41) is 27.0. The molecular formula is C21H43BN6O5. The lowest BCUT2D eigenvalue weighted by atomic mass is 9.75. The zero-order valence-corrected chi connectivity index (χ0v) is 20.4. The first-order chi connectivity index (χ1) is 15.7. The summed E-state index contributed by atoms with van der Waals surface area (Å²) in [4.78, 5) is 39.2. The average molecular weight is 470 g/mol. The van der Waals surface area contributed by atoms with Crippen LogP contribution in [0.1, 0.15) is 91.4 Å². The number of carbonyl (C=O) groups is 2. The molecule has 0 aliphatic rings. The highest BCUT2D eigenvalue weighted by Crippen LogP contribution is 2.10. The summed E-state index contributed by atoms with van der Waals surface area (Å²) in [6.45, 7) is 6.22. The minimum atomic E-state index is -1.70. The van der Waals surface area contributed by atoms with E-state index in [1.54, 1.807) is 0 Å². The minimum absolute atomic E-state index is 0.130. The van der Waals surface area contributed by atoms with Crippen molar-refractivity contribution in [1.82, 2.24) is 16.1 Å². The van der Waals surface area contributed by atoms with Crippen molar-refractivity contribution in [3.63, 3.8) is 0 Å². The number of unbranched alkanes of at least 4 members (excludes halogenated alkanes) is 6. The van der Waals surface area contributed by atoms with Crippen molar-refractivity contribution in [2.45, 2.75) is 103 Å². The monoisotopic (exact) mass is 470 g/mol. The molecule has 0 radical (unpaired) electrons. The summed E-state index contributed by atoms with van der Waals surface area (Å²) in [6.07, 6.45) is 9.01. The summed E-state index contributed by atoms with van der Waals surface area (Å²) in [6, 6.07) is -0.843. The van der Waals surface area contributed by atoms with Crippen LogP contribution in [0, 0.1) is 10.8 Å². The van der Waals surface area contributed by atoms with Gasteiger partial charge in [0.2, 0.25) is 17.8 Å². The van der Waals surface area contributed by atoms with E-state index >= 15 is 0 Å². The van der Waals surface area contributed by atoms with Gasteiger partial charge < -0.3 is 26.4 Å². The Bertz CT molecular complexity index is 591. The third-order valence-corrected chi connectivity index (χ3v) is 5.17.